The topological polar surface area (TPSA) is 170 Å². The van der Waals surface area contributed by atoms with E-state index >= 15 is 0 Å². The van der Waals surface area contributed by atoms with Crippen LogP contribution in [-0.4, -0.2) is 37.7 Å². The van der Waals surface area contributed by atoms with Crippen molar-refractivity contribution >= 4 is 23.6 Å². The van der Waals surface area contributed by atoms with Gasteiger partial charge in [0, 0.05) is 0 Å². The maximum atomic E-state index is 11.1. The Labute approximate surface area is 98.3 Å². The molecule has 4 N–H and O–H groups in total. The molecule has 18 heavy (non-hydrogen) atoms. The first-order valence-electron chi connectivity index (χ1n) is 4.35. The molecule has 0 saturated carbocycles. The summed E-state index contributed by atoms with van der Waals surface area (Å²) in [4.78, 5) is 41.7. The second-order valence-electron chi connectivity index (χ2n) is 3.04. The van der Waals surface area contributed by atoms with Crippen molar-refractivity contribution in [2.45, 2.75) is 6.54 Å². The Balaban J connectivity index is 2.95. The Bertz CT molecular complexity index is 503. The Morgan fingerprint density at radius 1 is 1.56 bits per heavy atom. The Morgan fingerprint density at radius 2 is 2.17 bits per heavy atom. The van der Waals surface area contributed by atoms with Crippen molar-refractivity contribution in [3.63, 3.8) is 0 Å². The van der Waals surface area contributed by atoms with Crippen molar-refractivity contribution in [2.24, 2.45) is 5.73 Å². The minimum atomic E-state index is -1.60. The van der Waals surface area contributed by atoms with Crippen molar-refractivity contribution in [2.75, 3.05) is 0 Å². The summed E-state index contributed by atoms with van der Waals surface area (Å²) < 4.78 is 0.722. The number of nitrogens with zero attached hydrogens (tertiary/aromatic N) is 3. The summed E-state index contributed by atoms with van der Waals surface area (Å²) in [5.41, 5.74) is 3.12. The molecule has 0 spiro atoms. The molecule has 0 radical (unpaired) electrons. The lowest BCUT2D eigenvalue weighted by Crippen LogP contribution is -2.37. The fourth-order valence-corrected chi connectivity index (χ4v) is 1.10. The molecule has 96 valence electrons. The van der Waals surface area contributed by atoms with E-state index in [2.05, 4.69) is 10.8 Å². The molecule has 0 bridgehead atoms. The summed E-state index contributed by atoms with van der Waals surface area (Å²) in [6, 6.07) is -1.10. The molecule has 0 aromatic carbocycles. The number of nitro groups is 1. The molecule has 0 saturated heterocycles. The van der Waals surface area contributed by atoms with Crippen molar-refractivity contribution in [1.82, 2.24) is 15.1 Å². The van der Waals surface area contributed by atoms with Crippen LogP contribution in [0.4, 0.5) is 10.5 Å². The van der Waals surface area contributed by atoms with Crippen LogP contribution >= 0.6 is 0 Å². The summed E-state index contributed by atoms with van der Waals surface area (Å²) in [6.07, 6.45) is 0.768. The third kappa shape index (κ3) is 3.01. The van der Waals surface area contributed by atoms with E-state index in [1.54, 1.807) is 5.32 Å². The van der Waals surface area contributed by atoms with Gasteiger partial charge in [-0.2, -0.15) is 5.10 Å². The summed E-state index contributed by atoms with van der Waals surface area (Å²) in [6.45, 7) is -0.572. The van der Waals surface area contributed by atoms with Gasteiger partial charge in [-0.1, -0.05) is 0 Å². The van der Waals surface area contributed by atoms with Crippen LogP contribution in [0, 0.1) is 10.1 Å². The first kappa shape index (κ1) is 13.1. The van der Waals surface area contributed by atoms with Crippen LogP contribution in [0.5, 0.6) is 0 Å². The van der Waals surface area contributed by atoms with E-state index in [9.17, 15) is 24.5 Å². The van der Waals surface area contributed by atoms with E-state index in [-0.39, 0.29) is 0 Å². The number of carboxylic acids is 1. The first-order valence-corrected chi connectivity index (χ1v) is 4.35. The summed E-state index contributed by atoms with van der Waals surface area (Å²) >= 11 is 0. The number of nitrogens with two attached hydrogens (primary N) is 1. The molecule has 0 unspecified atom stereocenters. The SMILES string of the molecule is NC(=O)NC(=O)Cn1cc([N+](=O)[O-])c(C(=O)O)n1. The third-order valence-electron chi connectivity index (χ3n) is 1.71. The van der Waals surface area contributed by atoms with Crippen LogP contribution in [0.2, 0.25) is 0 Å². The van der Waals surface area contributed by atoms with Gasteiger partial charge in [-0.25, -0.2) is 9.59 Å². The highest BCUT2D eigenvalue weighted by molar-refractivity contribution is 5.93. The second kappa shape index (κ2) is 4.90. The second-order valence-corrected chi connectivity index (χ2v) is 3.04. The molecule has 0 aliphatic heterocycles. The molecule has 0 aliphatic carbocycles. The number of aromatic carboxylic acids is 1. The lowest BCUT2D eigenvalue weighted by Gasteiger charge is -1.99. The molecule has 1 aromatic rings. The monoisotopic (exact) mass is 257 g/mol. The number of amides is 3. The lowest BCUT2D eigenvalue weighted by atomic mass is 10.4. The molecule has 0 fully saturated rings. The van der Waals surface area contributed by atoms with Gasteiger partial charge in [0.15, 0.2) is 0 Å². The third-order valence-corrected chi connectivity index (χ3v) is 1.71. The number of carboxylic acid groups (broad SMARTS) is 1. The zero-order chi connectivity index (χ0) is 13.9. The highest BCUT2D eigenvalue weighted by Crippen LogP contribution is 2.16. The zero-order valence-electron chi connectivity index (χ0n) is 8.69. The number of nitrogens with one attached hydrogen (secondary N) is 1. The van der Waals surface area contributed by atoms with Crippen molar-refractivity contribution < 1.29 is 24.4 Å². The number of aromatic nitrogens is 2. The molecule has 11 heteroatoms. The van der Waals surface area contributed by atoms with Crippen LogP contribution in [0.1, 0.15) is 10.5 Å². The lowest BCUT2D eigenvalue weighted by molar-refractivity contribution is -0.385. The number of hydrogen-bond acceptors (Lipinski definition) is 6. The van der Waals surface area contributed by atoms with Gasteiger partial charge in [-0.05, 0) is 0 Å². The summed E-state index contributed by atoms with van der Waals surface area (Å²) in [7, 11) is 0. The fourth-order valence-electron chi connectivity index (χ4n) is 1.10. The Kier molecular flexibility index (Phi) is 3.56. The molecule has 1 heterocycles. The van der Waals surface area contributed by atoms with E-state index < -0.39 is 40.8 Å². The van der Waals surface area contributed by atoms with Gasteiger partial charge >= 0.3 is 17.7 Å². The number of primary amides is 1. The van der Waals surface area contributed by atoms with E-state index in [4.69, 9.17) is 5.11 Å². The van der Waals surface area contributed by atoms with Gasteiger partial charge in [0.25, 0.3) is 0 Å². The van der Waals surface area contributed by atoms with Gasteiger partial charge in [0.05, 0.1) is 4.92 Å². The summed E-state index contributed by atoms with van der Waals surface area (Å²) in [5, 5.41) is 24.2. The highest BCUT2D eigenvalue weighted by Gasteiger charge is 2.25. The Morgan fingerprint density at radius 3 is 2.56 bits per heavy atom. The molecular formula is C7H7N5O6. The predicted octanol–water partition coefficient (Wildman–Crippen LogP) is -1.32. The maximum Gasteiger partial charge on any atom is 0.363 e. The molecule has 0 aliphatic rings. The first-order chi connectivity index (χ1) is 8.31. The highest BCUT2D eigenvalue weighted by atomic mass is 16.6. The molecule has 11 nitrogen and oxygen atoms in total. The van der Waals surface area contributed by atoms with Gasteiger partial charge in [0.1, 0.15) is 12.7 Å². The van der Waals surface area contributed by atoms with Crippen LogP contribution in [0.15, 0.2) is 6.20 Å². The smallest absolute Gasteiger partial charge is 0.363 e. The maximum absolute atomic E-state index is 11.1. The van der Waals surface area contributed by atoms with Crippen LogP contribution in [0.25, 0.3) is 0 Å². The molecule has 3 amide bonds. The van der Waals surface area contributed by atoms with Crippen LogP contribution < -0.4 is 11.1 Å². The molecule has 0 atom stereocenters. The fraction of sp³-hybridized carbons (Fsp3) is 0.143. The number of hydrogen-bond donors (Lipinski definition) is 3. The molecule has 1 aromatic heterocycles. The van der Waals surface area contributed by atoms with E-state index in [0.29, 0.717) is 0 Å². The van der Waals surface area contributed by atoms with Crippen molar-refractivity contribution in [1.29, 1.82) is 0 Å². The number of rotatable bonds is 4. The minimum absolute atomic E-state index is 0.572. The van der Waals surface area contributed by atoms with Gasteiger partial charge in [-0.15, -0.1) is 0 Å². The van der Waals surface area contributed by atoms with Gasteiger partial charge < -0.3 is 10.8 Å². The van der Waals surface area contributed by atoms with E-state index in [1.165, 1.54) is 0 Å². The number of carbonyl (C=O) groups is 3. The van der Waals surface area contributed by atoms with Gasteiger partial charge in [-0.3, -0.25) is 24.9 Å². The Hall–Kier alpha value is -2.98. The zero-order valence-corrected chi connectivity index (χ0v) is 8.69. The average molecular weight is 257 g/mol. The quantitative estimate of drug-likeness (QED) is 0.443. The number of imide groups is 1. The van der Waals surface area contributed by atoms with Gasteiger partial charge in [0.2, 0.25) is 11.6 Å². The van der Waals surface area contributed by atoms with Crippen molar-refractivity contribution in [3.8, 4) is 0 Å². The molecule has 1 rings (SSSR count). The standard InChI is InChI=1S/C7H7N5O6/c8-7(16)9-4(13)2-11-1-3(12(17)18)5(10-11)6(14)15/h1H,2H2,(H,14,15)(H3,8,9,13,16). The molecular weight excluding hydrogens is 250 g/mol. The van der Waals surface area contributed by atoms with Crippen LogP contribution in [0.3, 0.4) is 0 Å². The normalized spacial score (nSPS) is 9.78. The van der Waals surface area contributed by atoms with Crippen molar-refractivity contribution in [3.05, 3.63) is 22.0 Å². The number of carbonyl (C=O) groups excluding carboxylic acids is 2. The minimum Gasteiger partial charge on any atom is -0.476 e. The predicted molar refractivity (Wildman–Crippen MR) is 53.6 cm³/mol. The van der Waals surface area contributed by atoms with E-state index in [0.717, 1.165) is 10.9 Å². The average Bonchev–Trinajstić information content (AvgIpc) is 2.60. The summed E-state index contributed by atoms with van der Waals surface area (Å²) in [5.74, 6) is -2.48. The van der Waals surface area contributed by atoms with Crippen LogP contribution in [-0.2, 0) is 11.3 Å². The largest absolute Gasteiger partial charge is 0.476 e. The number of urea groups is 1. The van der Waals surface area contributed by atoms with E-state index in [1.807, 2.05) is 0 Å².